The van der Waals surface area contributed by atoms with Crippen LogP contribution >= 0.6 is 0 Å². The van der Waals surface area contributed by atoms with Gasteiger partial charge in [0.1, 0.15) is 6.07 Å². The van der Waals surface area contributed by atoms with Crippen LogP contribution in [0.3, 0.4) is 0 Å². The summed E-state index contributed by atoms with van der Waals surface area (Å²) in [5.74, 6) is 0. The third kappa shape index (κ3) is 8.44. The maximum absolute atomic E-state index is 8.74. The first-order chi connectivity index (χ1) is 12.3. The molecule has 1 fully saturated rings. The predicted octanol–water partition coefficient (Wildman–Crippen LogP) is 3.53. The highest BCUT2D eigenvalue weighted by molar-refractivity contribution is 5.32. The van der Waals surface area contributed by atoms with Gasteiger partial charge in [-0.15, -0.1) is 0 Å². The van der Waals surface area contributed by atoms with Crippen LogP contribution < -0.4 is 10.6 Å². The lowest BCUT2D eigenvalue weighted by Gasteiger charge is -2.22. The molecule has 1 atom stereocenters. The van der Waals surface area contributed by atoms with Crippen molar-refractivity contribution in [2.24, 2.45) is 0 Å². The van der Waals surface area contributed by atoms with E-state index in [9.17, 15) is 0 Å². The molecule has 0 bridgehead atoms. The number of rotatable bonds is 3. The molecular weight excluding hydrogens is 308 g/mol. The molecule has 1 unspecified atom stereocenters. The van der Waals surface area contributed by atoms with Gasteiger partial charge in [0.15, 0.2) is 0 Å². The second-order valence-electron chi connectivity index (χ2n) is 5.62. The molecule has 0 aliphatic carbocycles. The van der Waals surface area contributed by atoms with Crippen LogP contribution in [0.2, 0.25) is 0 Å². The van der Waals surface area contributed by atoms with E-state index < -0.39 is 0 Å². The van der Waals surface area contributed by atoms with Gasteiger partial charge in [0.05, 0.1) is 5.56 Å². The molecule has 0 spiro atoms. The van der Waals surface area contributed by atoms with Crippen LogP contribution in [0.5, 0.6) is 0 Å². The zero-order valence-corrected chi connectivity index (χ0v) is 15.6. The van der Waals surface area contributed by atoms with E-state index in [0.29, 0.717) is 5.56 Å². The molecule has 1 saturated heterocycles. The van der Waals surface area contributed by atoms with E-state index >= 15 is 0 Å². The van der Waals surface area contributed by atoms with Crippen molar-refractivity contribution in [1.82, 2.24) is 15.6 Å². The predicted molar refractivity (Wildman–Crippen MR) is 104 cm³/mol. The Bertz CT molecular complexity index is 613. The average molecular weight is 338 g/mol. The zero-order chi connectivity index (χ0) is 18.3. The maximum atomic E-state index is 8.74. The summed E-state index contributed by atoms with van der Waals surface area (Å²) in [6.07, 6.45) is 5.44. The molecule has 1 aromatic heterocycles. The third-order valence-electron chi connectivity index (χ3n) is 3.79. The van der Waals surface area contributed by atoms with Gasteiger partial charge in [-0.05, 0) is 30.0 Å². The Morgan fingerprint density at radius 1 is 1.12 bits per heavy atom. The van der Waals surface area contributed by atoms with Crippen molar-refractivity contribution >= 4 is 0 Å². The fraction of sp³-hybridized carbons (Fsp3) is 0.429. The largest absolute Gasteiger partial charge is 0.314 e. The minimum absolute atomic E-state index is 0.614. The Balaban J connectivity index is 0.000000264. The second-order valence-corrected chi connectivity index (χ2v) is 5.62. The van der Waals surface area contributed by atoms with Gasteiger partial charge in [0.25, 0.3) is 0 Å². The molecule has 0 radical (unpaired) electrons. The first-order valence-electron chi connectivity index (χ1n) is 9.14. The van der Waals surface area contributed by atoms with Crippen LogP contribution in [0.4, 0.5) is 0 Å². The molecule has 4 heteroatoms. The van der Waals surface area contributed by atoms with Gasteiger partial charge in [-0.1, -0.05) is 51.1 Å². The number of pyridine rings is 1. The van der Waals surface area contributed by atoms with Gasteiger partial charge in [0, 0.05) is 38.1 Å². The summed E-state index contributed by atoms with van der Waals surface area (Å²) < 4.78 is 0. The Morgan fingerprint density at radius 3 is 2.44 bits per heavy atom. The van der Waals surface area contributed by atoms with Crippen LogP contribution in [0.25, 0.3) is 0 Å². The molecule has 1 aliphatic heterocycles. The molecule has 0 saturated carbocycles. The number of hydrogen-bond donors (Lipinski definition) is 2. The van der Waals surface area contributed by atoms with Crippen molar-refractivity contribution in [3.63, 3.8) is 0 Å². The van der Waals surface area contributed by atoms with Crippen LogP contribution in [0.1, 0.15) is 43.9 Å². The Hall–Kier alpha value is -2.22. The van der Waals surface area contributed by atoms with Gasteiger partial charge in [-0.25, -0.2) is 0 Å². The molecule has 1 aliphatic rings. The van der Waals surface area contributed by atoms with Crippen LogP contribution in [-0.4, -0.2) is 30.7 Å². The lowest BCUT2D eigenvalue weighted by atomic mass is 10.1. The number of nitrogens with zero attached hydrogens (tertiary/aromatic N) is 2. The minimum atomic E-state index is 0.614. The Labute approximate surface area is 152 Å². The first-order valence-corrected chi connectivity index (χ1v) is 9.14. The maximum Gasteiger partial charge on any atom is 0.101 e. The summed E-state index contributed by atoms with van der Waals surface area (Å²) in [5, 5.41) is 15.5. The summed E-state index contributed by atoms with van der Waals surface area (Å²) in [4.78, 5) is 4.03. The van der Waals surface area contributed by atoms with Gasteiger partial charge in [0.2, 0.25) is 0 Å². The monoisotopic (exact) mass is 338 g/mol. The van der Waals surface area contributed by atoms with Crippen molar-refractivity contribution in [2.45, 2.75) is 39.7 Å². The fourth-order valence-corrected chi connectivity index (χ4v) is 2.48. The van der Waals surface area contributed by atoms with E-state index in [1.807, 2.05) is 38.1 Å². The van der Waals surface area contributed by atoms with E-state index in [0.717, 1.165) is 37.7 Å². The van der Waals surface area contributed by atoms with Crippen molar-refractivity contribution in [1.29, 1.82) is 5.26 Å². The average Bonchev–Trinajstić information content (AvgIpc) is 2.71. The van der Waals surface area contributed by atoms with Crippen LogP contribution in [0, 0.1) is 11.3 Å². The Morgan fingerprint density at radius 2 is 1.88 bits per heavy atom. The highest BCUT2D eigenvalue weighted by atomic mass is 15.0. The number of nitriles is 1. The standard InChI is InChI=1S/C13H10N2.C6H14N2.C2H6/c14-8-13-7-12(9-15-10-13)6-11-4-2-1-3-5-11;1-2-6-5-7-3-4-8-6;1-2/h1-5,7,9-10H,6H2;6-8H,2-5H2,1H3;1-2H3. The number of piperazine rings is 1. The molecule has 2 heterocycles. The quantitative estimate of drug-likeness (QED) is 0.899. The molecule has 4 nitrogen and oxygen atoms in total. The fourth-order valence-electron chi connectivity index (χ4n) is 2.48. The molecule has 2 N–H and O–H groups in total. The minimum Gasteiger partial charge on any atom is -0.314 e. The number of benzene rings is 1. The highest BCUT2D eigenvalue weighted by Crippen LogP contribution is 2.09. The summed E-state index contributed by atoms with van der Waals surface area (Å²) in [6, 6.07) is 14.8. The van der Waals surface area contributed by atoms with Crippen LogP contribution in [-0.2, 0) is 6.42 Å². The van der Waals surface area contributed by atoms with E-state index in [2.05, 4.69) is 40.7 Å². The summed E-state index contributed by atoms with van der Waals surface area (Å²) in [6.45, 7) is 9.64. The molecule has 1 aromatic carbocycles. The summed E-state index contributed by atoms with van der Waals surface area (Å²) in [5.41, 5.74) is 2.91. The lowest BCUT2D eigenvalue weighted by Crippen LogP contribution is -2.47. The molecular formula is C21H30N4. The van der Waals surface area contributed by atoms with Gasteiger partial charge in [-0.2, -0.15) is 5.26 Å². The zero-order valence-electron chi connectivity index (χ0n) is 15.6. The second kappa shape index (κ2) is 13.1. The number of hydrogen-bond acceptors (Lipinski definition) is 4. The van der Waals surface area contributed by atoms with Crippen LogP contribution in [0.15, 0.2) is 48.8 Å². The molecule has 134 valence electrons. The lowest BCUT2D eigenvalue weighted by molar-refractivity contribution is 0.410. The van der Waals surface area contributed by atoms with Gasteiger partial charge in [-0.3, -0.25) is 4.98 Å². The molecule has 0 amide bonds. The van der Waals surface area contributed by atoms with Crippen molar-refractivity contribution in [2.75, 3.05) is 19.6 Å². The normalized spacial score (nSPS) is 15.7. The first kappa shape index (κ1) is 20.8. The SMILES string of the molecule is CC.CCC1CNCCN1.N#Cc1cncc(Cc2ccccc2)c1. The number of nitrogens with one attached hydrogen (secondary N) is 2. The van der Waals surface area contributed by atoms with E-state index in [1.54, 1.807) is 12.4 Å². The van der Waals surface area contributed by atoms with E-state index in [-0.39, 0.29) is 0 Å². The summed E-state index contributed by atoms with van der Waals surface area (Å²) >= 11 is 0. The highest BCUT2D eigenvalue weighted by Gasteiger charge is 2.07. The molecule has 3 rings (SSSR count). The summed E-state index contributed by atoms with van der Waals surface area (Å²) in [7, 11) is 0. The van der Waals surface area contributed by atoms with E-state index in [1.165, 1.54) is 12.0 Å². The van der Waals surface area contributed by atoms with Crippen molar-refractivity contribution < 1.29 is 0 Å². The van der Waals surface area contributed by atoms with Gasteiger partial charge >= 0.3 is 0 Å². The number of aromatic nitrogens is 1. The topological polar surface area (TPSA) is 60.7 Å². The molecule has 2 aromatic rings. The van der Waals surface area contributed by atoms with Gasteiger partial charge < -0.3 is 10.6 Å². The van der Waals surface area contributed by atoms with E-state index in [4.69, 9.17) is 5.26 Å². The molecule has 25 heavy (non-hydrogen) atoms. The Kier molecular flexibility index (Phi) is 10.9. The van der Waals surface area contributed by atoms with Crippen molar-refractivity contribution in [3.05, 3.63) is 65.5 Å². The van der Waals surface area contributed by atoms with Crippen molar-refractivity contribution in [3.8, 4) is 6.07 Å². The smallest absolute Gasteiger partial charge is 0.101 e. The third-order valence-corrected chi connectivity index (χ3v) is 3.79.